The monoisotopic (exact) mass is 308 g/mol. The fourth-order valence-corrected chi connectivity index (χ4v) is 2.84. The van der Waals surface area contributed by atoms with Crippen LogP contribution < -0.4 is 10.6 Å². The Labute approximate surface area is 128 Å². The van der Waals surface area contributed by atoms with Crippen molar-refractivity contribution in [2.75, 3.05) is 0 Å². The van der Waals surface area contributed by atoms with Crippen LogP contribution in [0.5, 0.6) is 0 Å². The summed E-state index contributed by atoms with van der Waals surface area (Å²) in [6.45, 7) is 1.86. The van der Waals surface area contributed by atoms with Gasteiger partial charge in [-0.25, -0.2) is 9.18 Å². The van der Waals surface area contributed by atoms with Crippen LogP contribution >= 0.6 is 0 Å². The van der Waals surface area contributed by atoms with Gasteiger partial charge in [0.15, 0.2) is 0 Å². The van der Waals surface area contributed by atoms with Gasteiger partial charge in [0.2, 0.25) is 5.91 Å². The molecule has 0 saturated heterocycles. The number of benzene rings is 1. The first-order valence-electron chi connectivity index (χ1n) is 7.51. The zero-order valence-electron chi connectivity index (χ0n) is 12.5. The first-order valence-corrected chi connectivity index (χ1v) is 7.51. The van der Waals surface area contributed by atoms with E-state index in [0.717, 1.165) is 5.56 Å². The Kier molecular flexibility index (Phi) is 5.35. The molecule has 1 aliphatic rings. The smallest absolute Gasteiger partial charge is 0.404 e. The quantitative estimate of drug-likeness (QED) is 0.800. The number of nitrogens with one attached hydrogen (secondary N) is 2. The molecule has 0 heterocycles. The van der Waals surface area contributed by atoms with Crippen LogP contribution in [-0.4, -0.2) is 23.1 Å². The highest BCUT2D eigenvalue weighted by atomic mass is 19.1. The van der Waals surface area contributed by atoms with E-state index in [4.69, 9.17) is 5.11 Å². The average Bonchev–Trinajstić information content (AvgIpc) is 2.48. The second kappa shape index (κ2) is 7.24. The molecule has 0 bridgehead atoms. The largest absolute Gasteiger partial charge is 0.465 e. The molecule has 0 unspecified atom stereocenters. The van der Waals surface area contributed by atoms with Gasteiger partial charge in [-0.3, -0.25) is 4.79 Å². The summed E-state index contributed by atoms with van der Waals surface area (Å²) in [7, 11) is 0. The third-order valence-electron chi connectivity index (χ3n) is 4.15. The Morgan fingerprint density at radius 1 is 1.18 bits per heavy atom. The molecule has 0 spiro atoms. The minimum Gasteiger partial charge on any atom is -0.465 e. The standard InChI is InChI=1S/C16H21FN2O3/c1-10(11-2-6-13(17)7-3-11)18-15(20)12-4-8-14(9-5-12)19-16(21)22/h2-3,6-7,10,12,14,19H,4-5,8-9H2,1H3,(H,18,20)(H,21,22)/t10-,12-,14-/m1/s1. The van der Waals surface area contributed by atoms with E-state index in [1.807, 2.05) is 6.92 Å². The van der Waals surface area contributed by atoms with Crippen LogP contribution in [0, 0.1) is 11.7 Å². The highest BCUT2D eigenvalue weighted by Gasteiger charge is 2.27. The summed E-state index contributed by atoms with van der Waals surface area (Å²) in [6.07, 6.45) is 1.68. The maximum Gasteiger partial charge on any atom is 0.404 e. The van der Waals surface area contributed by atoms with E-state index in [0.29, 0.717) is 25.7 Å². The highest BCUT2D eigenvalue weighted by molar-refractivity contribution is 5.79. The van der Waals surface area contributed by atoms with Gasteiger partial charge in [0.05, 0.1) is 6.04 Å². The van der Waals surface area contributed by atoms with Gasteiger partial charge in [-0.1, -0.05) is 12.1 Å². The summed E-state index contributed by atoms with van der Waals surface area (Å²) in [5, 5.41) is 14.1. The lowest BCUT2D eigenvalue weighted by atomic mass is 9.85. The molecule has 120 valence electrons. The second-order valence-corrected chi connectivity index (χ2v) is 5.78. The molecule has 0 aromatic heterocycles. The Bertz CT molecular complexity index is 525. The summed E-state index contributed by atoms with van der Waals surface area (Å²) in [4.78, 5) is 22.8. The summed E-state index contributed by atoms with van der Waals surface area (Å²) in [5.74, 6) is -0.410. The fraction of sp³-hybridized carbons (Fsp3) is 0.500. The lowest BCUT2D eigenvalue weighted by molar-refractivity contribution is -0.126. The predicted octanol–water partition coefficient (Wildman–Crippen LogP) is 2.83. The van der Waals surface area contributed by atoms with Gasteiger partial charge in [0, 0.05) is 12.0 Å². The van der Waals surface area contributed by atoms with Crippen LogP contribution in [-0.2, 0) is 4.79 Å². The van der Waals surface area contributed by atoms with Gasteiger partial charge in [0.25, 0.3) is 0 Å². The number of carbonyl (C=O) groups is 2. The van der Waals surface area contributed by atoms with Crippen LogP contribution in [0.4, 0.5) is 9.18 Å². The second-order valence-electron chi connectivity index (χ2n) is 5.78. The van der Waals surface area contributed by atoms with Crippen molar-refractivity contribution in [3.63, 3.8) is 0 Å². The van der Waals surface area contributed by atoms with E-state index in [-0.39, 0.29) is 29.7 Å². The summed E-state index contributed by atoms with van der Waals surface area (Å²) in [6, 6.07) is 5.84. The molecule has 2 rings (SSSR count). The SMILES string of the molecule is C[C@@H](NC(=O)[C@H]1CC[C@H](NC(=O)O)CC1)c1ccc(F)cc1. The zero-order valence-corrected chi connectivity index (χ0v) is 12.5. The number of carbonyl (C=O) groups excluding carboxylic acids is 1. The molecule has 5 nitrogen and oxygen atoms in total. The normalized spacial score (nSPS) is 22.6. The molecule has 1 aromatic rings. The van der Waals surface area contributed by atoms with E-state index in [2.05, 4.69) is 10.6 Å². The maximum absolute atomic E-state index is 12.9. The molecule has 1 atom stereocenters. The lowest BCUT2D eigenvalue weighted by Gasteiger charge is -2.28. The van der Waals surface area contributed by atoms with Crippen LogP contribution in [0.3, 0.4) is 0 Å². The van der Waals surface area contributed by atoms with E-state index < -0.39 is 6.09 Å². The molecule has 22 heavy (non-hydrogen) atoms. The average molecular weight is 308 g/mol. The van der Waals surface area contributed by atoms with Crippen LogP contribution in [0.1, 0.15) is 44.2 Å². The number of amides is 2. The Morgan fingerprint density at radius 3 is 2.32 bits per heavy atom. The molecular weight excluding hydrogens is 287 g/mol. The van der Waals surface area contributed by atoms with Crippen LogP contribution in [0.15, 0.2) is 24.3 Å². The van der Waals surface area contributed by atoms with E-state index in [1.165, 1.54) is 12.1 Å². The number of rotatable bonds is 4. The first kappa shape index (κ1) is 16.3. The third-order valence-corrected chi connectivity index (χ3v) is 4.15. The molecule has 1 aromatic carbocycles. The van der Waals surface area contributed by atoms with E-state index >= 15 is 0 Å². The number of hydrogen-bond donors (Lipinski definition) is 3. The van der Waals surface area contributed by atoms with E-state index in [1.54, 1.807) is 12.1 Å². The minimum atomic E-state index is -1.02. The van der Waals surface area contributed by atoms with Gasteiger partial charge in [-0.05, 0) is 50.3 Å². The molecule has 0 aliphatic heterocycles. The van der Waals surface area contributed by atoms with Crippen LogP contribution in [0.25, 0.3) is 0 Å². The van der Waals surface area contributed by atoms with Crippen molar-refractivity contribution >= 4 is 12.0 Å². The molecular formula is C16H21FN2O3. The van der Waals surface area contributed by atoms with Gasteiger partial charge in [-0.15, -0.1) is 0 Å². The van der Waals surface area contributed by atoms with Gasteiger partial charge >= 0.3 is 6.09 Å². The molecule has 3 N–H and O–H groups in total. The van der Waals surface area contributed by atoms with Gasteiger partial charge in [0.1, 0.15) is 5.82 Å². The van der Waals surface area contributed by atoms with E-state index in [9.17, 15) is 14.0 Å². The molecule has 6 heteroatoms. The maximum atomic E-state index is 12.9. The Morgan fingerprint density at radius 2 is 1.77 bits per heavy atom. The van der Waals surface area contributed by atoms with Crippen molar-refractivity contribution in [1.29, 1.82) is 0 Å². The van der Waals surface area contributed by atoms with Crippen molar-refractivity contribution < 1.29 is 19.1 Å². The van der Waals surface area contributed by atoms with Crippen molar-refractivity contribution in [2.24, 2.45) is 5.92 Å². The molecule has 1 saturated carbocycles. The highest BCUT2D eigenvalue weighted by Crippen LogP contribution is 2.25. The topological polar surface area (TPSA) is 78.4 Å². The minimum absolute atomic E-state index is 0.0226. The molecule has 2 amide bonds. The first-order chi connectivity index (χ1) is 10.5. The van der Waals surface area contributed by atoms with Gasteiger partial charge < -0.3 is 15.7 Å². The van der Waals surface area contributed by atoms with Crippen molar-refractivity contribution in [1.82, 2.24) is 10.6 Å². The Balaban J connectivity index is 1.83. The third kappa shape index (κ3) is 4.44. The van der Waals surface area contributed by atoms with Gasteiger partial charge in [-0.2, -0.15) is 0 Å². The molecule has 1 aliphatic carbocycles. The predicted molar refractivity (Wildman–Crippen MR) is 79.9 cm³/mol. The fourth-order valence-electron chi connectivity index (χ4n) is 2.84. The van der Waals surface area contributed by atoms with Crippen LogP contribution in [0.2, 0.25) is 0 Å². The zero-order chi connectivity index (χ0) is 16.1. The Hall–Kier alpha value is -2.11. The number of carboxylic acid groups (broad SMARTS) is 1. The number of hydrogen-bond acceptors (Lipinski definition) is 2. The summed E-state index contributed by atoms with van der Waals surface area (Å²) >= 11 is 0. The number of halogens is 1. The summed E-state index contributed by atoms with van der Waals surface area (Å²) < 4.78 is 12.9. The molecule has 1 fully saturated rings. The molecule has 0 radical (unpaired) electrons. The summed E-state index contributed by atoms with van der Waals surface area (Å²) in [5.41, 5.74) is 0.857. The lowest BCUT2D eigenvalue weighted by Crippen LogP contribution is -2.40. The van der Waals surface area contributed by atoms with Crippen molar-refractivity contribution in [2.45, 2.75) is 44.7 Å². The van der Waals surface area contributed by atoms with Crippen molar-refractivity contribution in [3.8, 4) is 0 Å². The van der Waals surface area contributed by atoms with Crippen molar-refractivity contribution in [3.05, 3.63) is 35.6 Å².